The first kappa shape index (κ1) is 28.3. The lowest BCUT2D eigenvalue weighted by molar-refractivity contribution is -0.135. The number of carbonyl (C=O) groups is 1. The average molecular weight is 571 g/mol. The molecule has 0 bridgehead atoms. The Kier molecular flexibility index (Phi) is 9.25. The molecule has 5 nitrogen and oxygen atoms in total. The minimum Gasteiger partial charge on any atom is -0.483 e. The highest BCUT2D eigenvalue weighted by atomic mass is 35.5. The van der Waals surface area contributed by atoms with Gasteiger partial charge >= 0.3 is 5.97 Å². The topological polar surface area (TPSA) is 73.6 Å². The van der Waals surface area contributed by atoms with Gasteiger partial charge in [0.25, 0.3) is 0 Å². The predicted octanol–water partition coefficient (Wildman–Crippen LogP) is 8.29. The maximum Gasteiger partial charge on any atom is 0.337 e. The van der Waals surface area contributed by atoms with Gasteiger partial charge in [0.05, 0.1) is 29.1 Å². The van der Waals surface area contributed by atoms with Gasteiger partial charge in [-0.3, -0.25) is 0 Å². The molecule has 0 amide bonds. The fourth-order valence-electron chi connectivity index (χ4n) is 4.53. The van der Waals surface area contributed by atoms with Crippen molar-refractivity contribution in [2.24, 2.45) is 17.6 Å². The Bertz CT molecular complexity index is 1330. The highest BCUT2D eigenvalue weighted by molar-refractivity contribution is 7.31. The minimum absolute atomic E-state index is 0.141. The van der Waals surface area contributed by atoms with Crippen LogP contribution in [0.5, 0.6) is 5.48 Å². The number of aryl methyl sites for hydroxylation is 1. The normalized spacial score (nSPS) is 19.4. The van der Waals surface area contributed by atoms with E-state index in [4.69, 9.17) is 38.4 Å². The fourth-order valence-corrected chi connectivity index (χ4v) is 6.19. The van der Waals surface area contributed by atoms with Gasteiger partial charge in [0.2, 0.25) is 0 Å². The van der Waals surface area contributed by atoms with E-state index in [0.29, 0.717) is 27.5 Å². The van der Waals surface area contributed by atoms with Gasteiger partial charge in [-0.2, -0.15) is 0 Å². The Morgan fingerprint density at radius 2 is 2.03 bits per heavy atom. The molecule has 1 heterocycles. The van der Waals surface area contributed by atoms with Crippen molar-refractivity contribution in [1.82, 2.24) is 0 Å². The molecule has 8 heteroatoms. The molecule has 1 aromatic carbocycles. The summed E-state index contributed by atoms with van der Waals surface area (Å²) < 4.78 is 11.0. The van der Waals surface area contributed by atoms with Gasteiger partial charge in [0.15, 0.2) is 0 Å². The summed E-state index contributed by atoms with van der Waals surface area (Å²) in [5.74, 6) is 2.77. The van der Waals surface area contributed by atoms with Gasteiger partial charge in [0, 0.05) is 16.8 Å². The van der Waals surface area contributed by atoms with Gasteiger partial charge in [-0.1, -0.05) is 73.0 Å². The third kappa shape index (κ3) is 6.64. The van der Waals surface area contributed by atoms with Crippen molar-refractivity contribution in [2.75, 3.05) is 19.0 Å². The quantitative estimate of drug-likeness (QED) is 0.296. The largest absolute Gasteiger partial charge is 0.483 e. The number of anilines is 1. The van der Waals surface area contributed by atoms with Crippen molar-refractivity contribution in [2.45, 2.75) is 39.5 Å². The summed E-state index contributed by atoms with van der Waals surface area (Å²) in [6, 6.07) is 7.69. The van der Waals surface area contributed by atoms with E-state index < -0.39 is 0 Å². The second-order valence-electron chi connectivity index (χ2n) is 9.88. The lowest BCUT2D eigenvalue weighted by Gasteiger charge is -2.20. The number of nitrogens with one attached hydrogen (secondary N) is 1. The average Bonchev–Trinajstić information content (AvgIpc) is 3.70. The molecular weight excluding hydrogens is 538 g/mol. The summed E-state index contributed by atoms with van der Waals surface area (Å²) in [4.78, 5) is 11.9. The van der Waals surface area contributed by atoms with E-state index in [1.54, 1.807) is 6.08 Å². The van der Waals surface area contributed by atoms with E-state index in [9.17, 15) is 4.79 Å². The number of rotatable bonds is 9. The number of para-hydroxylation sites is 1. The van der Waals surface area contributed by atoms with Crippen molar-refractivity contribution >= 4 is 43.1 Å². The SMILES string of the molecule is COC(=O)C1=CCC(C2CC2c2cpc(OC/C(Nc3c(C)cccc3Cl)=C(/N)C(C)C)cc2Cl)=CC=C1. The van der Waals surface area contributed by atoms with Crippen LogP contribution in [0.3, 0.4) is 0 Å². The Labute approximate surface area is 236 Å². The third-order valence-corrected chi connectivity index (χ3v) is 8.48. The molecule has 1 saturated carbocycles. The van der Waals surface area contributed by atoms with Crippen molar-refractivity contribution in [3.8, 4) is 5.48 Å². The minimum atomic E-state index is -0.309. The molecule has 2 atom stereocenters. The number of nitrogens with two attached hydrogens (primary N) is 1. The van der Waals surface area contributed by atoms with Crippen LogP contribution in [0.15, 0.2) is 76.9 Å². The van der Waals surface area contributed by atoms with E-state index in [0.717, 1.165) is 54.7 Å². The van der Waals surface area contributed by atoms with Gasteiger partial charge in [0.1, 0.15) is 12.1 Å². The van der Waals surface area contributed by atoms with Crippen LogP contribution in [0, 0.1) is 18.8 Å². The molecule has 1 fully saturated rings. The van der Waals surface area contributed by atoms with Crippen LogP contribution in [0.2, 0.25) is 10.0 Å². The van der Waals surface area contributed by atoms with Gasteiger partial charge < -0.3 is 20.5 Å². The lowest BCUT2D eigenvalue weighted by Crippen LogP contribution is -2.20. The van der Waals surface area contributed by atoms with Crippen LogP contribution >= 0.6 is 31.4 Å². The second kappa shape index (κ2) is 12.4. The van der Waals surface area contributed by atoms with Crippen LogP contribution in [0.1, 0.15) is 43.7 Å². The summed E-state index contributed by atoms with van der Waals surface area (Å²) in [7, 11) is 2.35. The van der Waals surface area contributed by atoms with Crippen LogP contribution in [0.25, 0.3) is 0 Å². The molecule has 0 aliphatic heterocycles. The maximum atomic E-state index is 11.9. The van der Waals surface area contributed by atoms with E-state index in [2.05, 4.69) is 17.2 Å². The van der Waals surface area contributed by atoms with Gasteiger partial charge in [-0.15, -0.1) is 0 Å². The molecule has 0 spiro atoms. The van der Waals surface area contributed by atoms with E-state index in [1.165, 1.54) is 12.7 Å². The number of hydrogen-bond donors (Lipinski definition) is 2. The van der Waals surface area contributed by atoms with Crippen molar-refractivity contribution in [1.29, 1.82) is 0 Å². The fraction of sp³-hybridized carbons (Fsp3) is 0.333. The Hall–Kier alpha value is -2.72. The lowest BCUT2D eigenvalue weighted by atomic mass is 10.0. The Morgan fingerprint density at radius 3 is 2.71 bits per heavy atom. The Balaban J connectivity index is 1.43. The van der Waals surface area contributed by atoms with Gasteiger partial charge in [-0.05, 0) is 74.8 Å². The molecule has 2 aliphatic rings. The molecule has 0 radical (unpaired) electrons. The van der Waals surface area contributed by atoms with E-state index >= 15 is 0 Å². The predicted molar refractivity (Wildman–Crippen MR) is 158 cm³/mol. The highest BCUT2D eigenvalue weighted by Gasteiger charge is 2.41. The molecule has 38 heavy (non-hydrogen) atoms. The number of esters is 1. The smallest absolute Gasteiger partial charge is 0.337 e. The number of ether oxygens (including phenoxy) is 2. The van der Waals surface area contributed by atoms with Crippen LogP contribution in [0.4, 0.5) is 5.69 Å². The summed E-state index contributed by atoms with van der Waals surface area (Å²) in [5, 5.41) is 4.75. The number of benzene rings is 1. The van der Waals surface area contributed by atoms with Crippen LogP contribution < -0.4 is 15.8 Å². The Morgan fingerprint density at radius 1 is 1.24 bits per heavy atom. The van der Waals surface area contributed by atoms with E-state index in [1.807, 2.05) is 57.2 Å². The van der Waals surface area contributed by atoms with Crippen molar-refractivity contribution < 1.29 is 14.3 Å². The molecule has 0 saturated heterocycles. The summed E-state index contributed by atoms with van der Waals surface area (Å²) in [6.45, 7) is 6.38. The van der Waals surface area contributed by atoms with Crippen molar-refractivity contribution in [3.05, 3.63) is 98.1 Å². The van der Waals surface area contributed by atoms with E-state index in [-0.39, 0.29) is 18.5 Å². The summed E-state index contributed by atoms with van der Waals surface area (Å²) in [6.07, 6.45) is 9.55. The first-order chi connectivity index (χ1) is 18.2. The maximum absolute atomic E-state index is 11.9. The number of allylic oxidation sites excluding steroid dienone is 5. The zero-order valence-electron chi connectivity index (χ0n) is 22.1. The van der Waals surface area contributed by atoms with Crippen LogP contribution in [-0.4, -0.2) is 19.7 Å². The van der Waals surface area contributed by atoms with Gasteiger partial charge in [-0.25, -0.2) is 4.79 Å². The second-order valence-corrected chi connectivity index (χ2v) is 11.7. The molecule has 200 valence electrons. The first-order valence-electron chi connectivity index (χ1n) is 12.6. The molecule has 3 N–H and O–H groups in total. The monoisotopic (exact) mass is 570 g/mol. The summed E-state index contributed by atoms with van der Waals surface area (Å²) >= 11 is 13.2. The standard InChI is InChI=1S/C30H33Cl2N2O3P/c1-17(2)28(33)26(34-29-18(3)7-5-10-24(29)31)15-37-27-14-25(32)23(16-38-27)22-13-21(22)19-8-6-9-20(12-11-19)30(35)36-4/h5-10,12,14,16-17,21-22,34H,11,13,15,33H2,1-4H3/b28-26-. The molecule has 1 aromatic heterocycles. The molecule has 4 rings (SSSR count). The summed E-state index contributed by atoms with van der Waals surface area (Å²) in [5.41, 5.74) is 13.6. The first-order valence-corrected chi connectivity index (χ1v) is 14.4. The molecule has 2 aromatic rings. The number of hydrogen-bond acceptors (Lipinski definition) is 5. The highest BCUT2D eigenvalue weighted by Crippen LogP contribution is 2.55. The third-order valence-electron chi connectivity index (χ3n) is 6.92. The zero-order chi connectivity index (χ0) is 27.4. The molecule has 2 aliphatic carbocycles. The number of methoxy groups -OCH3 is 1. The van der Waals surface area contributed by atoms with Crippen molar-refractivity contribution in [3.63, 3.8) is 0 Å². The van der Waals surface area contributed by atoms with Crippen LogP contribution in [-0.2, 0) is 9.53 Å². The molecular formula is C30H33Cl2N2O3P. The number of halogens is 2. The number of carbonyl (C=O) groups excluding carboxylic acids is 1. The molecule has 2 unspecified atom stereocenters. The zero-order valence-corrected chi connectivity index (χ0v) is 24.5.